The van der Waals surface area contributed by atoms with E-state index in [0.717, 1.165) is 19.3 Å². The molecular formula is C21H31NO7. The predicted molar refractivity (Wildman–Crippen MR) is 103 cm³/mol. The largest absolute Gasteiger partial charge is 0.390 e. The number of epoxide rings is 1. The molecule has 2 saturated carbocycles. The molecule has 3 rings (SSSR count). The van der Waals surface area contributed by atoms with Crippen molar-refractivity contribution in [1.82, 2.24) is 5.32 Å². The van der Waals surface area contributed by atoms with Crippen LogP contribution in [0, 0.1) is 5.92 Å². The van der Waals surface area contributed by atoms with E-state index in [0.29, 0.717) is 25.7 Å². The lowest BCUT2D eigenvalue weighted by atomic mass is 9.64. The molecule has 1 amide bonds. The van der Waals surface area contributed by atoms with Crippen LogP contribution < -0.4 is 5.32 Å². The fourth-order valence-electron chi connectivity index (χ4n) is 4.51. The van der Waals surface area contributed by atoms with Gasteiger partial charge in [0.15, 0.2) is 11.4 Å². The van der Waals surface area contributed by atoms with Crippen LogP contribution in [0.15, 0.2) is 12.2 Å². The van der Waals surface area contributed by atoms with Gasteiger partial charge < -0.3 is 25.4 Å². The topological polar surface area (TPSA) is 136 Å². The zero-order valence-corrected chi connectivity index (χ0v) is 16.8. The Hall–Kier alpha value is -1.61. The van der Waals surface area contributed by atoms with Gasteiger partial charge in [0.2, 0.25) is 5.91 Å². The monoisotopic (exact) mass is 409 g/mol. The van der Waals surface area contributed by atoms with Gasteiger partial charge in [0.25, 0.3) is 0 Å². The van der Waals surface area contributed by atoms with Crippen molar-refractivity contribution in [2.24, 2.45) is 5.92 Å². The van der Waals surface area contributed by atoms with Crippen molar-refractivity contribution in [3.05, 3.63) is 12.2 Å². The molecule has 2 bridgehead atoms. The Kier molecular flexibility index (Phi) is 6.88. The number of unbranched alkanes of at least 4 members (excludes halogenated alkanes) is 3. The van der Waals surface area contributed by atoms with Gasteiger partial charge in [0.05, 0.1) is 24.2 Å². The molecule has 29 heavy (non-hydrogen) atoms. The first kappa shape index (κ1) is 22.1. The van der Waals surface area contributed by atoms with E-state index in [9.17, 15) is 29.7 Å². The molecule has 0 spiro atoms. The summed E-state index contributed by atoms with van der Waals surface area (Å²) in [4.78, 5) is 36.3. The number of amides is 1. The van der Waals surface area contributed by atoms with Crippen molar-refractivity contribution in [2.75, 3.05) is 0 Å². The number of nitrogens with one attached hydrogen (secondary N) is 1. The van der Waals surface area contributed by atoms with Crippen molar-refractivity contribution in [3.63, 3.8) is 0 Å². The van der Waals surface area contributed by atoms with Gasteiger partial charge in [-0.15, -0.1) is 0 Å². The number of hydrogen-bond donors (Lipinski definition) is 4. The van der Waals surface area contributed by atoms with Gasteiger partial charge in [0.1, 0.15) is 18.0 Å². The summed E-state index contributed by atoms with van der Waals surface area (Å²) in [5.41, 5.74) is -1.78. The molecule has 8 heteroatoms. The van der Waals surface area contributed by atoms with Gasteiger partial charge in [0, 0.05) is 19.3 Å². The highest BCUT2D eigenvalue weighted by molar-refractivity contribution is 5.95. The molecule has 8 nitrogen and oxygen atoms in total. The van der Waals surface area contributed by atoms with Crippen molar-refractivity contribution in [1.29, 1.82) is 0 Å². The predicted octanol–water partition coefficient (Wildman–Crippen LogP) is 0.170. The molecule has 162 valence electrons. The number of hydrogen-bond acceptors (Lipinski definition) is 7. The number of aliphatic hydroxyl groups excluding tert-OH is 2. The third-order valence-corrected chi connectivity index (χ3v) is 6.22. The second-order valence-corrected chi connectivity index (χ2v) is 8.43. The van der Waals surface area contributed by atoms with Crippen LogP contribution in [-0.4, -0.2) is 68.9 Å². The Morgan fingerprint density at radius 2 is 1.93 bits per heavy atom. The van der Waals surface area contributed by atoms with E-state index in [-0.39, 0.29) is 12.2 Å². The lowest BCUT2D eigenvalue weighted by Gasteiger charge is -2.46. The normalized spacial score (nSPS) is 38.0. The van der Waals surface area contributed by atoms with Gasteiger partial charge in [-0.1, -0.05) is 25.8 Å². The summed E-state index contributed by atoms with van der Waals surface area (Å²) in [7, 11) is 0. The molecule has 0 unspecified atom stereocenters. The molecule has 0 aromatic heterocycles. The van der Waals surface area contributed by atoms with Gasteiger partial charge in [-0.05, 0) is 25.3 Å². The summed E-state index contributed by atoms with van der Waals surface area (Å²) in [5, 5.41) is 33.9. The minimum absolute atomic E-state index is 0.150. The van der Waals surface area contributed by atoms with E-state index >= 15 is 0 Å². The number of carbonyl (C=O) groups is 3. The van der Waals surface area contributed by atoms with Crippen LogP contribution in [0.5, 0.6) is 0 Å². The third kappa shape index (κ3) is 4.60. The van der Waals surface area contributed by atoms with E-state index in [1.54, 1.807) is 6.08 Å². The van der Waals surface area contributed by atoms with Gasteiger partial charge in [-0.2, -0.15) is 0 Å². The molecule has 1 saturated heterocycles. The highest BCUT2D eigenvalue weighted by atomic mass is 16.6. The average Bonchev–Trinajstić information content (AvgIpc) is 3.47. The molecule has 0 aromatic rings. The minimum atomic E-state index is -1.78. The maximum atomic E-state index is 12.4. The zero-order valence-electron chi connectivity index (χ0n) is 16.8. The number of ketones is 2. The van der Waals surface area contributed by atoms with Gasteiger partial charge >= 0.3 is 0 Å². The number of aliphatic hydroxyl groups is 3. The number of ether oxygens (including phenoxy) is 1. The van der Waals surface area contributed by atoms with Crippen molar-refractivity contribution in [2.45, 2.75) is 94.3 Å². The summed E-state index contributed by atoms with van der Waals surface area (Å²) in [6.07, 6.45) is 4.38. The molecule has 1 heterocycles. The first-order valence-corrected chi connectivity index (χ1v) is 10.6. The number of rotatable bonds is 10. The van der Waals surface area contributed by atoms with Crippen molar-refractivity contribution >= 4 is 17.5 Å². The Labute approximate surface area is 170 Å². The molecule has 1 aliphatic heterocycles. The first-order chi connectivity index (χ1) is 13.8. The van der Waals surface area contributed by atoms with E-state index in [1.165, 1.54) is 6.08 Å². The van der Waals surface area contributed by atoms with Crippen LogP contribution in [0.3, 0.4) is 0 Å². The number of Topliss-reactive ketones (excluding diaryl/α,β-unsaturated/α-hetero) is 2. The number of allylic oxidation sites excluding steroid dienone is 1. The Morgan fingerprint density at radius 1 is 1.21 bits per heavy atom. The molecule has 0 aromatic carbocycles. The molecule has 4 N–H and O–H groups in total. The minimum Gasteiger partial charge on any atom is -0.390 e. The van der Waals surface area contributed by atoms with E-state index < -0.39 is 53.7 Å². The fourth-order valence-corrected chi connectivity index (χ4v) is 4.51. The van der Waals surface area contributed by atoms with Gasteiger partial charge in [-0.25, -0.2) is 0 Å². The van der Waals surface area contributed by atoms with Crippen LogP contribution in [0.4, 0.5) is 0 Å². The summed E-state index contributed by atoms with van der Waals surface area (Å²) < 4.78 is 5.23. The Balaban J connectivity index is 1.44. The summed E-state index contributed by atoms with van der Waals surface area (Å²) in [6.45, 7) is 2.09. The smallest absolute Gasteiger partial charge is 0.243 e. The highest BCUT2D eigenvalue weighted by Gasteiger charge is 2.72. The lowest BCUT2D eigenvalue weighted by molar-refractivity contribution is -0.171. The summed E-state index contributed by atoms with van der Waals surface area (Å²) in [6, 6.07) is -0.861. The standard InChI is InChI=1S/C21H31NO7/c1-2-3-5-8-12(23)9-6-4-7-10-14(24)22-13-11-21(28)19(27)15(16(13)25)17(26)18-20(21)29-18/h7,10,13,15-18,20,25-26,28H,2-6,8-9,11H2,1H3,(H,22,24)/b10-7+/t13-,15-,16-,17-,18-,20+,21+/m0/s1. The first-order valence-electron chi connectivity index (χ1n) is 10.6. The molecular weight excluding hydrogens is 378 g/mol. The molecule has 3 aliphatic rings. The van der Waals surface area contributed by atoms with Crippen LogP contribution in [-0.2, 0) is 19.1 Å². The third-order valence-electron chi connectivity index (χ3n) is 6.22. The van der Waals surface area contributed by atoms with Crippen LogP contribution in [0.25, 0.3) is 0 Å². The van der Waals surface area contributed by atoms with Crippen LogP contribution in [0.2, 0.25) is 0 Å². The molecule has 3 fully saturated rings. The van der Waals surface area contributed by atoms with Crippen LogP contribution >= 0.6 is 0 Å². The van der Waals surface area contributed by atoms with Crippen molar-refractivity contribution in [3.8, 4) is 0 Å². The lowest BCUT2D eigenvalue weighted by Crippen LogP contribution is -2.69. The maximum Gasteiger partial charge on any atom is 0.243 e. The number of fused-ring (bicyclic) bond motifs is 4. The van der Waals surface area contributed by atoms with Crippen molar-refractivity contribution < 1.29 is 34.4 Å². The molecule has 2 aliphatic carbocycles. The van der Waals surface area contributed by atoms with Crippen LogP contribution in [0.1, 0.15) is 58.3 Å². The molecule has 0 radical (unpaired) electrons. The second-order valence-electron chi connectivity index (χ2n) is 8.43. The second kappa shape index (κ2) is 9.04. The van der Waals surface area contributed by atoms with Gasteiger partial charge in [-0.3, -0.25) is 14.4 Å². The van der Waals surface area contributed by atoms with E-state index in [2.05, 4.69) is 12.2 Å². The quantitative estimate of drug-likeness (QED) is 0.229. The average molecular weight is 409 g/mol. The van der Waals surface area contributed by atoms with E-state index in [4.69, 9.17) is 4.74 Å². The SMILES string of the molecule is CCCCCC(=O)CCC/C=C/C(=O)N[C@H]1C[C@@]2(O)C(=O)[C@H]([C@H](O)[C@@H]3O[C@H]32)[C@H]1O. The summed E-state index contributed by atoms with van der Waals surface area (Å²) >= 11 is 0. The fraction of sp³-hybridized carbons (Fsp3) is 0.762. The molecule has 7 atom stereocenters. The number of carbonyl (C=O) groups excluding carboxylic acids is 3. The summed E-state index contributed by atoms with van der Waals surface area (Å²) in [5.74, 6) is -2.02. The maximum absolute atomic E-state index is 12.4. The zero-order chi connectivity index (χ0) is 21.2. The highest BCUT2D eigenvalue weighted by Crippen LogP contribution is 2.50. The Bertz CT molecular complexity index is 678. The Morgan fingerprint density at radius 3 is 2.66 bits per heavy atom. The van der Waals surface area contributed by atoms with E-state index in [1.807, 2.05) is 0 Å².